The van der Waals surface area contributed by atoms with Gasteiger partial charge in [-0.25, -0.2) is 9.97 Å². The van der Waals surface area contributed by atoms with Crippen LogP contribution >= 0.6 is 0 Å². The highest BCUT2D eigenvalue weighted by Gasteiger charge is 2.15. The summed E-state index contributed by atoms with van der Waals surface area (Å²) in [5.41, 5.74) is 1.99. The average Bonchev–Trinajstić information content (AvgIpc) is 2.96. The van der Waals surface area contributed by atoms with Crippen LogP contribution in [0.1, 0.15) is 25.1 Å². The van der Waals surface area contributed by atoms with Gasteiger partial charge in [-0.1, -0.05) is 0 Å². The number of pyridine rings is 1. The molecule has 0 bridgehead atoms. The largest absolute Gasteiger partial charge is 0.316 e. The number of fused-ring (bicyclic) bond motifs is 1. The summed E-state index contributed by atoms with van der Waals surface area (Å²) in [4.78, 5) is 9.01. The van der Waals surface area contributed by atoms with Gasteiger partial charge in [-0.15, -0.1) is 0 Å². The topological polar surface area (TPSA) is 42.7 Å². The summed E-state index contributed by atoms with van der Waals surface area (Å²) >= 11 is 0. The van der Waals surface area contributed by atoms with E-state index in [1.54, 1.807) is 0 Å². The third-order valence-corrected chi connectivity index (χ3v) is 3.60. The molecule has 0 aliphatic carbocycles. The van der Waals surface area contributed by atoms with Crippen molar-refractivity contribution in [2.45, 2.75) is 31.7 Å². The Labute approximate surface area is 101 Å². The van der Waals surface area contributed by atoms with Crippen molar-refractivity contribution < 1.29 is 0 Å². The Morgan fingerprint density at radius 3 is 3.24 bits per heavy atom. The minimum absolute atomic E-state index is 0.683. The Balaban J connectivity index is 1.78. The molecule has 2 aromatic rings. The van der Waals surface area contributed by atoms with Crippen molar-refractivity contribution in [1.82, 2.24) is 19.9 Å². The van der Waals surface area contributed by atoms with Gasteiger partial charge >= 0.3 is 0 Å². The second-order valence-corrected chi connectivity index (χ2v) is 4.77. The van der Waals surface area contributed by atoms with Crippen molar-refractivity contribution in [2.75, 3.05) is 6.54 Å². The lowest BCUT2D eigenvalue weighted by Gasteiger charge is -2.09. The van der Waals surface area contributed by atoms with Crippen molar-refractivity contribution >= 4 is 11.2 Å². The molecule has 3 rings (SSSR count). The van der Waals surface area contributed by atoms with Crippen molar-refractivity contribution in [3.8, 4) is 0 Å². The molecule has 0 amide bonds. The monoisotopic (exact) mass is 230 g/mol. The van der Waals surface area contributed by atoms with Crippen LogP contribution in [0.3, 0.4) is 0 Å². The number of hydrogen-bond acceptors (Lipinski definition) is 3. The van der Waals surface area contributed by atoms with Gasteiger partial charge < -0.3 is 9.88 Å². The van der Waals surface area contributed by atoms with Gasteiger partial charge in [0, 0.05) is 25.7 Å². The van der Waals surface area contributed by atoms with Crippen LogP contribution in [-0.4, -0.2) is 27.1 Å². The molecule has 1 fully saturated rings. The quantitative estimate of drug-likeness (QED) is 0.872. The van der Waals surface area contributed by atoms with Gasteiger partial charge in [0.1, 0.15) is 11.3 Å². The first-order chi connectivity index (χ1) is 8.34. The zero-order chi connectivity index (χ0) is 11.7. The van der Waals surface area contributed by atoms with Crippen LogP contribution in [0.25, 0.3) is 11.2 Å². The normalized spacial score (nSPS) is 20.2. The fourth-order valence-electron chi connectivity index (χ4n) is 2.60. The lowest BCUT2D eigenvalue weighted by atomic mass is 10.1. The summed E-state index contributed by atoms with van der Waals surface area (Å²) in [5.74, 6) is 1.15. The molecule has 0 aromatic carbocycles. The number of nitrogens with one attached hydrogen (secondary N) is 1. The summed E-state index contributed by atoms with van der Waals surface area (Å²) in [6.07, 6.45) is 6.66. The second-order valence-electron chi connectivity index (χ2n) is 4.77. The lowest BCUT2D eigenvalue weighted by molar-refractivity contribution is 0.546. The van der Waals surface area contributed by atoms with Gasteiger partial charge in [0.2, 0.25) is 0 Å². The molecule has 0 saturated carbocycles. The van der Waals surface area contributed by atoms with E-state index in [1.807, 2.05) is 18.3 Å². The fourth-order valence-corrected chi connectivity index (χ4v) is 2.60. The lowest BCUT2D eigenvalue weighted by Crippen LogP contribution is -2.22. The Hall–Kier alpha value is -1.42. The maximum Gasteiger partial charge on any atom is 0.159 e. The summed E-state index contributed by atoms with van der Waals surface area (Å²) in [6, 6.07) is 4.65. The molecule has 2 aromatic heterocycles. The number of rotatable bonds is 3. The highest BCUT2D eigenvalue weighted by molar-refractivity contribution is 5.70. The van der Waals surface area contributed by atoms with Gasteiger partial charge in [-0.3, -0.25) is 0 Å². The first-order valence-corrected chi connectivity index (χ1v) is 6.34. The molecule has 1 unspecified atom stereocenters. The third kappa shape index (κ3) is 2.05. The van der Waals surface area contributed by atoms with Gasteiger partial charge in [-0.05, 0) is 37.9 Å². The van der Waals surface area contributed by atoms with E-state index in [2.05, 4.69) is 26.9 Å². The van der Waals surface area contributed by atoms with Crippen LogP contribution in [-0.2, 0) is 13.5 Å². The number of hydrogen-bond donors (Lipinski definition) is 1. The summed E-state index contributed by atoms with van der Waals surface area (Å²) in [5, 5.41) is 3.53. The molecule has 0 radical (unpaired) electrons. The van der Waals surface area contributed by atoms with Crippen LogP contribution in [0.15, 0.2) is 18.3 Å². The molecule has 1 saturated heterocycles. The van der Waals surface area contributed by atoms with E-state index in [0.29, 0.717) is 6.04 Å². The van der Waals surface area contributed by atoms with Crippen molar-refractivity contribution in [1.29, 1.82) is 0 Å². The van der Waals surface area contributed by atoms with E-state index < -0.39 is 0 Å². The van der Waals surface area contributed by atoms with Gasteiger partial charge in [0.15, 0.2) is 5.65 Å². The number of aromatic nitrogens is 3. The highest BCUT2D eigenvalue weighted by atomic mass is 15.1. The molecule has 17 heavy (non-hydrogen) atoms. The first kappa shape index (κ1) is 10.7. The number of imidazole rings is 1. The number of aryl methyl sites for hydroxylation is 2. The zero-order valence-corrected chi connectivity index (χ0v) is 10.2. The van der Waals surface area contributed by atoms with Gasteiger partial charge in [0.25, 0.3) is 0 Å². The second kappa shape index (κ2) is 4.45. The summed E-state index contributed by atoms with van der Waals surface area (Å²) < 4.78 is 2.12. The maximum absolute atomic E-state index is 4.65. The molecule has 90 valence electrons. The van der Waals surface area contributed by atoms with E-state index >= 15 is 0 Å². The van der Waals surface area contributed by atoms with Crippen LogP contribution < -0.4 is 5.32 Å². The maximum atomic E-state index is 4.65. The van der Waals surface area contributed by atoms with E-state index in [-0.39, 0.29) is 0 Å². The Morgan fingerprint density at radius 2 is 2.47 bits per heavy atom. The minimum Gasteiger partial charge on any atom is -0.316 e. The molecule has 3 heterocycles. The molecule has 1 aliphatic rings. The molecule has 1 N–H and O–H groups in total. The third-order valence-electron chi connectivity index (χ3n) is 3.60. The van der Waals surface area contributed by atoms with Crippen molar-refractivity contribution in [2.24, 2.45) is 7.05 Å². The standard InChI is InChI=1S/C13H18N4/c1-17-12(7-6-10-4-2-8-14-10)16-11-5-3-9-15-13(11)17/h3,5,9-10,14H,2,4,6-8H2,1H3. The average molecular weight is 230 g/mol. The predicted octanol–water partition coefficient (Wildman–Crippen LogP) is 1.65. The number of nitrogens with zero attached hydrogens (tertiary/aromatic N) is 3. The van der Waals surface area contributed by atoms with Crippen LogP contribution in [0.4, 0.5) is 0 Å². The molecule has 0 spiro atoms. The van der Waals surface area contributed by atoms with Crippen LogP contribution in [0, 0.1) is 0 Å². The zero-order valence-electron chi connectivity index (χ0n) is 10.2. The smallest absolute Gasteiger partial charge is 0.159 e. The minimum atomic E-state index is 0.683. The van der Waals surface area contributed by atoms with E-state index in [1.165, 1.54) is 25.8 Å². The molecule has 1 atom stereocenters. The predicted molar refractivity (Wildman–Crippen MR) is 67.9 cm³/mol. The Morgan fingerprint density at radius 1 is 1.53 bits per heavy atom. The molecular weight excluding hydrogens is 212 g/mol. The Kier molecular flexibility index (Phi) is 2.81. The van der Waals surface area contributed by atoms with E-state index in [9.17, 15) is 0 Å². The van der Waals surface area contributed by atoms with Gasteiger partial charge in [0.05, 0.1) is 0 Å². The van der Waals surface area contributed by atoms with E-state index in [4.69, 9.17) is 0 Å². The SMILES string of the molecule is Cn1c(CCC2CCCN2)nc2cccnc21. The van der Waals surface area contributed by atoms with Gasteiger partial charge in [-0.2, -0.15) is 0 Å². The molecule has 4 nitrogen and oxygen atoms in total. The summed E-state index contributed by atoms with van der Waals surface area (Å²) in [7, 11) is 2.06. The highest BCUT2D eigenvalue weighted by Crippen LogP contribution is 2.16. The fraction of sp³-hybridized carbons (Fsp3) is 0.538. The van der Waals surface area contributed by atoms with E-state index in [0.717, 1.165) is 23.4 Å². The van der Waals surface area contributed by atoms with Crippen LogP contribution in [0.2, 0.25) is 0 Å². The van der Waals surface area contributed by atoms with Crippen LogP contribution in [0.5, 0.6) is 0 Å². The Bertz CT molecular complexity index is 511. The van der Waals surface area contributed by atoms with Crippen molar-refractivity contribution in [3.63, 3.8) is 0 Å². The van der Waals surface area contributed by atoms with Crippen molar-refractivity contribution in [3.05, 3.63) is 24.2 Å². The summed E-state index contributed by atoms with van der Waals surface area (Å²) in [6.45, 7) is 1.18. The molecular formula is C13H18N4. The first-order valence-electron chi connectivity index (χ1n) is 6.34. The molecule has 1 aliphatic heterocycles. The molecule has 4 heteroatoms.